The van der Waals surface area contributed by atoms with Crippen LogP contribution in [0.3, 0.4) is 0 Å². The fraction of sp³-hybridized carbons (Fsp3) is 0.913. The van der Waals surface area contributed by atoms with Crippen molar-refractivity contribution in [2.24, 2.45) is 5.92 Å². The molecule has 0 fully saturated rings. The second kappa shape index (κ2) is 18.9. The lowest BCUT2D eigenvalue weighted by atomic mass is 10.0. The zero-order valence-electron chi connectivity index (χ0n) is 17.9. The summed E-state index contributed by atoms with van der Waals surface area (Å²) < 4.78 is 0. The molecular weight excluding hydrogens is 322 g/mol. The van der Waals surface area contributed by atoms with E-state index in [4.69, 9.17) is 0 Å². The Morgan fingerprint density at radius 2 is 1.04 bits per heavy atom. The summed E-state index contributed by atoms with van der Waals surface area (Å²) in [6.45, 7) is 6.19. The van der Waals surface area contributed by atoms with Crippen LogP contribution in [-0.2, 0) is 9.59 Å². The average molecular weight is 368 g/mol. The molecule has 0 bridgehead atoms. The van der Waals surface area contributed by atoms with Gasteiger partial charge in [0.15, 0.2) is 5.78 Å². The molecule has 0 heterocycles. The number of amides is 1. The van der Waals surface area contributed by atoms with Gasteiger partial charge in [-0.3, -0.25) is 9.59 Å². The number of nitrogens with one attached hydrogen (secondary N) is 1. The van der Waals surface area contributed by atoms with Crippen molar-refractivity contribution in [3.05, 3.63) is 0 Å². The largest absolute Gasteiger partial charge is 0.349 e. The third kappa shape index (κ3) is 17.9. The number of carbonyl (C=O) groups is 2. The standard InChI is InChI=1S/C23H45NO2/c1-4-5-6-7-8-9-10-11-12-13-14-15-16-17-18-19-23(26)24-20-22(25)21(2)3/h21H,4-20H2,1-3H3,(H,24,26). The van der Waals surface area contributed by atoms with E-state index >= 15 is 0 Å². The molecule has 0 aliphatic rings. The summed E-state index contributed by atoms with van der Waals surface area (Å²) >= 11 is 0. The fourth-order valence-electron chi connectivity index (χ4n) is 3.14. The molecule has 1 N–H and O–H groups in total. The van der Waals surface area contributed by atoms with Crippen LogP contribution >= 0.6 is 0 Å². The summed E-state index contributed by atoms with van der Waals surface area (Å²) in [5, 5.41) is 2.72. The van der Waals surface area contributed by atoms with E-state index in [1.54, 1.807) is 0 Å². The maximum Gasteiger partial charge on any atom is 0.220 e. The quantitative estimate of drug-likeness (QED) is 0.262. The molecule has 0 saturated carbocycles. The van der Waals surface area contributed by atoms with Crippen molar-refractivity contribution < 1.29 is 9.59 Å². The van der Waals surface area contributed by atoms with Gasteiger partial charge in [0.2, 0.25) is 5.91 Å². The van der Waals surface area contributed by atoms with Crippen LogP contribution in [0.1, 0.15) is 124 Å². The minimum atomic E-state index is 0.00101. The smallest absolute Gasteiger partial charge is 0.220 e. The highest BCUT2D eigenvalue weighted by molar-refractivity contribution is 5.87. The predicted molar refractivity (Wildman–Crippen MR) is 112 cm³/mol. The summed E-state index contributed by atoms with van der Waals surface area (Å²) in [5.41, 5.74) is 0. The average Bonchev–Trinajstić information content (AvgIpc) is 2.62. The maximum atomic E-state index is 11.6. The van der Waals surface area contributed by atoms with Gasteiger partial charge in [-0.25, -0.2) is 0 Å². The van der Waals surface area contributed by atoms with Crippen LogP contribution < -0.4 is 5.32 Å². The van der Waals surface area contributed by atoms with Crippen LogP contribution in [0.25, 0.3) is 0 Å². The molecule has 0 aliphatic carbocycles. The highest BCUT2D eigenvalue weighted by atomic mass is 16.2. The zero-order chi connectivity index (χ0) is 19.5. The molecular formula is C23H45NO2. The molecule has 26 heavy (non-hydrogen) atoms. The van der Waals surface area contributed by atoms with Gasteiger partial charge in [-0.2, -0.15) is 0 Å². The summed E-state index contributed by atoms with van der Waals surface area (Å²) in [6, 6.07) is 0. The second-order valence-electron chi connectivity index (χ2n) is 8.10. The van der Waals surface area contributed by atoms with E-state index in [2.05, 4.69) is 12.2 Å². The fourth-order valence-corrected chi connectivity index (χ4v) is 3.14. The molecule has 0 atom stereocenters. The molecule has 154 valence electrons. The lowest BCUT2D eigenvalue weighted by Gasteiger charge is -2.06. The van der Waals surface area contributed by atoms with Crippen molar-refractivity contribution in [3.63, 3.8) is 0 Å². The molecule has 0 unspecified atom stereocenters. The third-order valence-corrected chi connectivity index (χ3v) is 5.11. The minimum absolute atomic E-state index is 0.00101. The first kappa shape index (κ1) is 25.1. The van der Waals surface area contributed by atoms with Crippen LogP contribution in [0.5, 0.6) is 0 Å². The van der Waals surface area contributed by atoms with Gasteiger partial charge in [0.05, 0.1) is 6.54 Å². The van der Waals surface area contributed by atoms with Gasteiger partial charge in [0.1, 0.15) is 0 Å². The van der Waals surface area contributed by atoms with Crippen molar-refractivity contribution in [1.29, 1.82) is 0 Å². The first-order valence-electron chi connectivity index (χ1n) is 11.4. The number of hydrogen-bond acceptors (Lipinski definition) is 2. The van der Waals surface area contributed by atoms with Gasteiger partial charge >= 0.3 is 0 Å². The third-order valence-electron chi connectivity index (χ3n) is 5.11. The molecule has 3 heteroatoms. The van der Waals surface area contributed by atoms with Crippen LogP contribution in [0.15, 0.2) is 0 Å². The Labute approximate surface area is 163 Å². The van der Waals surface area contributed by atoms with Crippen molar-refractivity contribution in [2.75, 3.05) is 6.54 Å². The van der Waals surface area contributed by atoms with E-state index in [9.17, 15) is 9.59 Å². The molecule has 0 spiro atoms. The second-order valence-corrected chi connectivity index (χ2v) is 8.10. The summed E-state index contributed by atoms with van der Waals surface area (Å²) in [7, 11) is 0. The van der Waals surface area contributed by atoms with Gasteiger partial charge in [0, 0.05) is 12.3 Å². The minimum Gasteiger partial charge on any atom is -0.349 e. The summed E-state index contributed by atoms with van der Waals surface area (Å²) in [6.07, 6.45) is 20.5. The molecule has 0 radical (unpaired) electrons. The molecule has 3 nitrogen and oxygen atoms in total. The Kier molecular flexibility index (Phi) is 18.3. The highest BCUT2D eigenvalue weighted by Crippen LogP contribution is 2.13. The predicted octanol–water partition coefficient (Wildman–Crippen LogP) is 6.59. The van der Waals surface area contributed by atoms with E-state index in [1.807, 2.05) is 13.8 Å². The maximum absolute atomic E-state index is 11.6. The molecule has 0 rings (SSSR count). The lowest BCUT2D eigenvalue weighted by Crippen LogP contribution is -2.31. The van der Waals surface area contributed by atoms with E-state index in [-0.39, 0.29) is 24.2 Å². The number of ketones is 1. The number of rotatable bonds is 19. The Bertz CT molecular complexity index is 339. The topological polar surface area (TPSA) is 46.2 Å². The van der Waals surface area contributed by atoms with Crippen molar-refractivity contribution in [3.8, 4) is 0 Å². The van der Waals surface area contributed by atoms with Gasteiger partial charge < -0.3 is 5.32 Å². The summed E-state index contributed by atoms with van der Waals surface area (Å²) in [4.78, 5) is 23.1. The van der Waals surface area contributed by atoms with Gasteiger partial charge in [-0.15, -0.1) is 0 Å². The zero-order valence-corrected chi connectivity index (χ0v) is 17.9. The monoisotopic (exact) mass is 367 g/mol. The van der Waals surface area contributed by atoms with Crippen molar-refractivity contribution in [2.45, 2.75) is 124 Å². The lowest BCUT2D eigenvalue weighted by molar-refractivity contribution is -0.126. The molecule has 0 aliphatic heterocycles. The van der Waals surface area contributed by atoms with Gasteiger partial charge in [0.25, 0.3) is 0 Å². The van der Waals surface area contributed by atoms with Crippen LogP contribution in [0, 0.1) is 5.92 Å². The van der Waals surface area contributed by atoms with Crippen LogP contribution in [0.2, 0.25) is 0 Å². The molecule has 0 saturated heterocycles. The molecule has 1 amide bonds. The van der Waals surface area contributed by atoms with Crippen molar-refractivity contribution >= 4 is 11.7 Å². The SMILES string of the molecule is CCCCCCCCCCCCCCCCCC(=O)NCC(=O)C(C)C. The van der Waals surface area contributed by atoms with Crippen LogP contribution in [0.4, 0.5) is 0 Å². The summed E-state index contributed by atoms with van der Waals surface area (Å²) in [5.74, 6) is 0.129. The Morgan fingerprint density at radius 3 is 1.42 bits per heavy atom. The van der Waals surface area contributed by atoms with Gasteiger partial charge in [-0.05, 0) is 6.42 Å². The van der Waals surface area contributed by atoms with Gasteiger partial charge in [-0.1, -0.05) is 111 Å². The molecule has 0 aromatic rings. The number of carbonyl (C=O) groups excluding carboxylic acids is 2. The van der Waals surface area contributed by atoms with Crippen molar-refractivity contribution in [1.82, 2.24) is 5.32 Å². The number of hydrogen-bond donors (Lipinski definition) is 1. The molecule has 0 aromatic carbocycles. The normalized spacial score (nSPS) is 11.1. The molecule has 0 aromatic heterocycles. The van der Waals surface area contributed by atoms with E-state index in [1.165, 1.54) is 83.5 Å². The Balaban J connectivity index is 3.19. The first-order valence-corrected chi connectivity index (χ1v) is 11.4. The van der Waals surface area contributed by atoms with E-state index < -0.39 is 0 Å². The Morgan fingerprint density at radius 1 is 0.654 bits per heavy atom. The van der Waals surface area contributed by atoms with Crippen LogP contribution in [-0.4, -0.2) is 18.2 Å². The van der Waals surface area contributed by atoms with E-state index in [0.717, 1.165) is 12.8 Å². The first-order chi connectivity index (χ1) is 12.6. The highest BCUT2D eigenvalue weighted by Gasteiger charge is 2.08. The van der Waals surface area contributed by atoms with E-state index in [0.29, 0.717) is 6.42 Å². The Hall–Kier alpha value is -0.860. The number of unbranched alkanes of at least 4 members (excludes halogenated alkanes) is 14. The number of Topliss-reactive ketones (excluding diaryl/α,β-unsaturated/α-hetero) is 1.